The lowest BCUT2D eigenvalue weighted by atomic mass is 9.95. The molecule has 0 saturated heterocycles. The molecule has 2 aromatic rings. The van der Waals surface area contributed by atoms with E-state index in [1.54, 1.807) is 6.20 Å². The monoisotopic (exact) mass is 455 g/mol. The van der Waals surface area contributed by atoms with Gasteiger partial charge in [-0.1, -0.05) is 11.3 Å². The lowest BCUT2D eigenvalue weighted by Crippen LogP contribution is -2.36. The maximum Gasteiger partial charge on any atom is 0.274 e. The summed E-state index contributed by atoms with van der Waals surface area (Å²) in [5.41, 5.74) is 0.667. The Kier molecular flexibility index (Phi) is 6.57. The van der Waals surface area contributed by atoms with Gasteiger partial charge in [0.2, 0.25) is 11.8 Å². The van der Waals surface area contributed by atoms with E-state index in [1.165, 1.54) is 18.3 Å². The molecule has 2 aliphatic carbocycles. The highest BCUT2D eigenvalue weighted by Gasteiger charge is 2.57. The lowest BCUT2D eigenvalue weighted by Gasteiger charge is -2.29. The van der Waals surface area contributed by atoms with Crippen LogP contribution in [0.15, 0.2) is 12.3 Å². The molecule has 1 unspecified atom stereocenters. The Labute approximate surface area is 183 Å². The van der Waals surface area contributed by atoms with Crippen molar-refractivity contribution in [1.82, 2.24) is 15.3 Å². The van der Waals surface area contributed by atoms with Crippen molar-refractivity contribution in [2.75, 3.05) is 13.2 Å². The fourth-order valence-corrected chi connectivity index (χ4v) is 4.52. The molecule has 31 heavy (non-hydrogen) atoms. The highest BCUT2D eigenvalue weighted by Crippen LogP contribution is 2.48. The number of nitrogens with zero attached hydrogens (tertiary/aromatic N) is 2. The largest absolute Gasteiger partial charge is 0.474 e. The van der Waals surface area contributed by atoms with Crippen molar-refractivity contribution in [3.63, 3.8) is 0 Å². The second kappa shape index (κ2) is 9.20. The summed E-state index contributed by atoms with van der Waals surface area (Å²) < 4.78 is 44.2. The fourth-order valence-electron chi connectivity index (χ4n) is 3.70. The standard InChI is InChI=1S/C21H27F2N3O4S/c1-12(25-13(2)27)10-28-15-3-5-16(6-4-15)30-19-7-18-17(9-24-19)26-20(31-18)29-11-14-8-21(14,22)23/h7,9,12,14-16H,3-6,8,10-11H2,1-2H3,(H,25,27)/t12-,14?,15?,16?/m0/s1. The number of hydrogen-bond acceptors (Lipinski definition) is 7. The Hall–Kier alpha value is -2.07. The van der Waals surface area contributed by atoms with Gasteiger partial charge in [0.15, 0.2) is 0 Å². The maximum absolute atomic E-state index is 13.0. The minimum absolute atomic E-state index is 0.00329. The number of fused-ring (bicyclic) bond motifs is 1. The maximum atomic E-state index is 13.0. The lowest BCUT2D eigenvalue weighted by molar-refractivity contribution is -0.120. The van der Waals surface area contributed by atoms with E-state index in [0.29, 0.717) is 23.2 Å². The van der Waals surface area contributed by atoms with Crippen LogP contribution in [0.2, 0.25) is 0 Å². The molecule has 170 valence electrons. The van der Waals surface area contributed by atoms with Crippen molar-refractivity contribution >= 4 is 27.5 Å². The summed E-state index contributed by atoms with van der Waals surface area (Å²) in [6.07, 6.45) is 5.27. The van der Waals surface area contributed by atoms with E-state index in [9.17, 15) is 13.6 Å². The zero-order valence-electron chi connectivity index (χ0n) is 17.6. The van der Waals surface area contributed by atoms with Crippen molar-refractivity contribution in [3.8, 4) is 11.1 Å². The van der Waals surface area contributed by atoms with Crippen molar-refractivity contribution in [2.24, 2.45) is 5.92 Å². The van der Waals surface area contributed by atoms with E-state index in [0.717, 1.165) is 30.4 Å². The third-order valence-corrected chi connectivity index (χ3v) is 6.46. The van der Waals surface area contributed by atoms with Gasteiger partial charge in [-0.25, -0.2) is 18.7 Å². The molecule has 2 atom stereocenters. The summed E-state index contributed by atoms with van der Waals surface area (Å²) in [4.78, 5) is 19.7. The molecule has 7 nitrogen and oxygen atoms in total. The molecule has 2 heterocycles. The molecule has 2 aliphatic rings. The van der Waals surface area contributed by atoms with Gasteiger partial charge in [-0.05, 0) is 32.6 Å². The minimum Gasteiger partial charge on any atom is -0.474 e. The van der Waals surface area contributed by atoms with Crippen LogP contribution in [0.25, 0.3) is 10.2 Å². The molecule has 2 aromatic heterocycles. The van der Waals surface area contributed by atoms with Crippen LogP contribution in [0.4, 0.5) is 8.78 Å². The predicted octanol–water partition coefficient (Wildman–Crippen LogP) is 3.96. The van der Waals surface area contributed by atoms with Crippen LogP contribution in [0.5, 0.6) is 11.1 Å². The summed E-state index contributed by atoms with van der Waals surface area (Å²) in [5.74, 6) is -2.82. The van der Waals surface area contributed by atoms with Gasteiger partial charge < -0.3 is 19.5 Å². The van der Waals surface area contributed by atoms with E-state index in [1.807, 2.05) is 13.0 Å². The number of amides is 1. The zero-order chi connectivity index (χ0) is 22.0. The van der Waals surface area contributed by atoms with E-state index >= 15 is 0 Å². The molecule has 2 fully saturated rings. The topological polar surface area (TPSA) is 82.6 Å². The van der Waals surface area contributed by atoms with Gasteiger partial charge in [0.1, 0.15) is 11.6 Å². The van der Waals surface area contributed by atoms with Gasteiger partial charge in [-0.3, -0.25) is 4.79 Å². The molecular weight excluding hydrogens is 428 g/mol. The smallest absolute Gasteiger partial charge is 0.274 e. The summed E-state index contributed by atoms with van der Waals surface area (Å²) in [7, 11) is 0. The number of carbonyl (C=O) groups excluding carboxylic acids is 1. The number of alkyl halides is 2. The van der Waals surface area contributed by atoms with Gasteiger partial charge in [-0.15, -0.1) is 0 Å². The number of ether oxygens (including phenoxy) is 3. The molecule has 1 amide bonds. The summed E-state index contributed by atoms with van der Waals surface area (Å²) in [6, 6.07) is 1.82. The van der Waals surface area contributed by atoms with Crippen LogP contribution in [0, 0.1) is 5.92 Å². The van der Waals surface area contributed by atoms with E-state index in [2.05, 4.69) is 15.3 Å². The quantitative estimate of drug-likeness (QED) is 0.616. The number of hydrogen-bond donors (Lipinski definition) is 1. The summed E-state index contributed by atoms with van der Waals surface area (Å²) in [5, 5.41) is 3.19. The number of thiazole rings is 1. The average Bonchev–Trinajstić information content (AvgIpc) is 3.13. The first-order valence-electron chi connectivity index (χ1n) is 10.6. The van der Waals surface area contributed by atoms with Crippen LogP contribution >= 0.6 is 11.3 Å². The molecule has 0 spiro atoms. The molecule has 10 heteroatoms. The molecule has 1 N–H and O–H groups in total. The Morgan fingerprint density at radius 3 is 2.71 bits per heavy atom. The van der Waals surface area contributed by atoms with Crippen LogP contribution in [-0.2, 0) is 9.53 Å². The van der Waals surface area contributed by atoms with Crippen molar-refractivity contribution in [3.05, 3.63) is 12.3 Å². The summed E-state index contributed by atoms with van der Waals surface area (Å²) >= 11 is 1.31. The minimum atomic E-state index is -2.59. The third kappa shape index (κ3) is 6.00. The van der Waals surface area contributed by atoms with E-state index < -0.39 is 11.8 Å². The first-order valence-corrected chi connectivity index (χ1v) is 11.4. The highest BCUT2D eigenvalue weighted by molar-refractivity contribution is 7.20. The number of nitrogens with one attached hydrogen (secondary N) is 1. The summed E-state index contributed by atoms with van der Waals surface area (Å²) in [6.45, 7) is 3.91. The van der Waals surface area contributed by atoms with Crippen molar-refractivity contribution < 1.29 is 27.8 Å². The Balaban J connectivity index is 1.23. The number of halogens is 2. The Morgan fingerprint density at radius 2 is 2.03 bits per heavy atom. The van der Waals surface area contributed by atoms with E-state index in [4.69, 9.17) is 14.2 Å². The van der Waals surface area contributed by atoms with Crippen LogP contribution in [0.1, 0.15) is 46.0 Å². The molecule has 0 aromatic carbocycles. The molecular formula is C21H27F2N3O4S. The van der Waals surface area contributed by atoms with Crippen LogP contribution in [0.3, 0.4) is 0 Å². The number of pyridine rings is 1. The van der Waals surface area contributed by atoms with Crippen molar-refractivity contribution in [1.29, 1.82) is 0 Å². The second-order valence-corrected chi connectivity index (χ2v) is 9.39. The number of aromatic nitrogens is 2. The van der Waals surface area contributed by atoms with Gasteiger partial charge in [0.05, 0.1) is 36.1 Å². The van der Waals surface area contributed by atoms with Crippen molar-refractivity contribution in [2.45, 2.75) is 70.1 Å². The molecule has 4 rings (SSSR count). The van der Waals surface area contributed by atoms with E-state index in [-0.39, 0.29) is 37.2 Å². The molecule has 0 bridgehead atoms. The highest BCUT2D eigenvalue weighted by atomic mass is 32.1. The van der Waals surface area contributed by atoms with Crippen LogP contribution in [-0.4, -0.2) is 53.3 Å². The Bertz CT molecular complexity index is 917. The molecule has 0 radical (unpaired) electrons. The first-order chi connectivity index (χ1) is 14.8. The average molecular weight is 456 g/mol. The Morgan fingerprint density at radius 1 is 1.32 bits per heavy atom. The van der Waals surface area contributed by atoms with Crippen LogP contribution < -0.4 is 14.8 Å². The van der Waals surface area contributed by atoms with Gasteiger partial charge in [0.25, 0.3) is 11.1 Å². The zero-order valence-corrected chi connectivity index (χ0v) is 18.4. The predicted molar refractivity (Wildman–Crippen MR) is 112 cm³/mol. The third-order valence-electron chi connectivity index (χ3n) is 5.53. The number of carbonyl (C=O) groups is 1. The normalized spacial score (nSPS) is 25.7. The molecule has 2 saturated carbocycles. The number of rotatable bonds is 9. The molecule has 0 aliphatic heterocycles. The van der Waals surface area contributed by atoms with Gasteiger partial charge in [0, 0.05) is 25.5 Å². The fraction of sp³-hybridized carbons (Fsp3) is 0.667. The SMILES string of the molecule is CC(=O)N[C@@H](C)COC1CCC(Oc2cc3sc(OCC4CC4(F)F)nc3cn2)CC1. The van der Waals surface area contributed by atoms with Gasteiger partial charge >= 0.3 is 0 Å². The second-order valence-electron chi connectivity index (χ2n) is 8.39. The first kappa shape index (κ1) is 22.1. The van der Waals surface area contributed by atoms with Gasteiger partial charge in [-0.2, -0.15) is 0 Å².